The number of hydrogen-bond acceptors (Lipinski definition) is 2. The molecule has 0 aromatic carbocycles. The summed E-state index contributed by atoms with van der Waals surface area (Å²) in [5, 5.41) is 0. The van der Waals surface area contributed by atoms with E-state index in [0.717, 1.165) is 25.3 Å². The lowest BCUT2D eigenvalue weighted by Gasteiger charge is -2.15. The molecule has 0 bridgehead atoms. The smallest absolute Gasteiger partial charge is 0.106 e. The van der Waals surface area contributed by atoms with E-state index in [9.17, 15) is 0 Å². The summed E-state index contributed by atoms with van der Waals surface area (Å²) in [5.74, 6) is 2.25. The number of imidazole rings is 2. The second-order valence-corrected chi connectivity index (χ2v) is 5.08. The molecule has 2 heterocycles. The molecule has 0 spiro atoms. The van der Waals surface area contributed by atoms with Crippen molar-refractivity contribution in [2.75, 3.05) is 0 Å². The quantitative estimate of drug-likeness (QED) is 0.830. The maximum absolute atomic E-state index is 4.71. The highest BCUT2D eigenvalue weighted by Crippen LogP contribution is 2.22. The molecule has 1 aliphatic carbocycles. The van der Waals surface area contributed by atoms with Gasteiger partial charge in [-0.05, 0) is 39.5 Å². The van der Waals surface area contributed by atoms with E-state index in [1.807, 2.05) is 12.4 Å². The van der Waals surface area contributed by atoms with E-state index < -0.39 is 0 Å². The number of nitrogens with zero attached hydrogens (tertiary/aromatic N) is 4. The van der Waals surface area contributed by atoms with E-state index in [2.05, 4.69) is 28.0 Å². The Morgan fingerprint density at radius 2 is 1.94 bits per heavy atom. The van der Waals surface area contributed by atoms with Gasteiger partial charge in [0.25, 0.3) is 0 Å². The summed E-state index contributed by atoms with van der Waals surface area (Å²) in [4.78, 5) is 8.98. The summed E-state index contributed by atoms with van der Waals surface area (Å²) in [6.07, 6.45) is 8.87. The minimum atomic E-state index is 0.982. The topological polar surface area (TPSA) is 35.6 Å². The second kappa shape index (κ2) is 4.59. The molecule has 3 rings (SSSR count). The van der Waals surface area contributed by atoms with Gasteiger partial charge in [-0.2, -0.15) is 0 Å². The highest BCUT2D eigenvalue weighted by atomic mass is 15.1. The van der Waals surface area contributed by atoms with Crippen LogP contribution in [0, 0.1) is 13.8 Å². The molecule has 4 heteroatoms. The van der Waals surface area contributed by atoms with Crippen LogP contribution in [0.3, 0.4) is 0 Å². The fourth-order valence-electron chi connectivity index (χ4n) is 2.88. The summed E-state index contributed by atoms with van der Waals surface area (Å²) in [7, 11) is 0. The summed E-state index contributed by atoms with van der Waals surface area (Å²) in [6.45, 7) is 6.16. The van der Waals surface area contributed by atoms with Crippen molar-refractivity contribution in [1.29, 1.82) is 0 Å². The Balaban J connectivity index is 1.80. The lowest BCUT2D eigenvalue weighted by molar-refractivity contribution is 0.530. The molecular formula is C14H20N4. The van der Waals surface area contributed by atoms with Crippen molar-refractivity contribution in [3.63, 3.8) is 0 Å². The number of aromatic nitrogens is 4. The molecule has 0 unspecified atom stereocenters. The molecule has 0 radical (unpaired) electrons. The molecule has 0 atom stereocenters. The van der Waals surface area contributed by atoms with Crippen LogP contribution in [0.1, 0.15) is 35.9 Å². The monoisotopic (exact) mass is 244 g/mol. The van der Waals surface area contributed by atoms with Gasteiger partial charge in [0.2, 0.25) is 0 Å². The zero-order valence-corrected chi connectivity index (χ0v) is 11.2. The summed E-state index contributed by atoms with van der Waals surface area (Å²) in [5.41, 5.74) is 2.80. The Labute approximate surface area is 108 Å². The van der Waals surface area contributed by atoms with Gasteiger partial charge in [0.1, 0.15) is 11.6 Å². The normalized spacial score (nSPS) is 14.8. The molecule has 18 heavy (non-hydrogen) atoms. The maximum Gasteiger partial charge on any atom is 0.106 e. The molecule has 4 nitrogen and oxygen atoms in total. The predicted octanol–water partition coefficient (Wildman–Crippen LogP) is 2.28. The van der Waals surface area contributed by atoms with Crippen LogP contribution < -0.4 is 0 Å². The molecule has 0 fully saturated rings. The van der Waals surface area contributed by atoms with Crippen LogP contribution in [0.5, 0.6) is 0 Å². The fourth-order valence-corrected chi connectivity index (χ4v) is 2.88. The first-order valence-electron chi connectivity index (χ1n) is 6.78. The molecule has 0 saturated carbocycles. The van der Waals surface area contributed by atoms with Gasteiger partial charge in [0, 0.05) is 31.2 Å². The van der Waals surface area contributed by atoms with Gasteiger partial charge in [0.05, 0.1) is 5.69 Å². The fraction of sp³-hybridized carbons (Fsp3) is 0.571. The van der Waals surface area contributed by atoms with E-state index in [4.69, 9.17) is 4.98 Å². The summed E-state index contributed by atoms with van der Waals surface area (Å²) in [6, 6.07) is 0. The Bertz CT molecular complexity index is 550. The predicted molar refractivity (Wildman–Crippen MR) is 70.6 cm³/mol. The minimum Gasteiger partial charge on any atom is -0.333 e. The lowest BCUT2D eigenvalue weighted by atomic mass is 10.0. The minimum absolute atomic E-state index is 0.982. The van der Waals surface area contributed by atoms with E-state index >= 15 is 0 Å². The van der Waals surface area contributed by atoms with Crippen LogP contribution in [0.25, 0.3) is 0 Å². The number of hydrogen-bond donors (Lipinski definition) is 0. The standard InChI is InChI=1S/C14H20N4/c1-11-15-7-8-17(11)9-10-18-12(2)16-13-5-3-4-6-14(13)18/h7-8H,3-6,9-10H2,1-2H3. The second-order valence-electron chi connectivity index (χ2n) is 5.08. The van der Waals surface area contributed by atoms with Crippen molar-refractivity contribution in [3.8, 4) is 0 Å². The van der Waals surface area contributed by atoms with E-state index in [0.29, 0.717) is 0 Å². The Hall–Kier alpha value is -1.58. The van der Waals surface area contributed by atoms with Crippen molar-refractivity contribution in [2.24, 2.45) is 0 Å². The first kappa shape index (κ1) is 11.5. The Morgan fingerprint density at radius 1 is 1.11 bits per heavy atom. The molecule has 96 valence electrons. The highest BCUT2D eigenvalue weighted by molar-refractivity contribution is 5.19. The number of aryl methyl sites for hydroxylation is 4. The van der Waals surface area contributed by atoms with E-state index in [1.54, 1.807) is 0 Å². The molecule has 0 aliphatic heterocycles. The van der Waals surface area contributed by atoms with Crippen molar-refractivity contribution in [2.45, 2.75) is 52.6 Å². The van der Waals surface area contributed by atoms with Crippen molar-refractivity contribution in [3.05, 3.63) is 35.4 Å². The van der Waals surface area contributed by atoms with E-state index in [1.165, 1.54) is 36.5 Å². The van der Waals surface area contributed by atoms with Gasteiger partial charge in [-0.25, -0.2) is 9.97 Å². The van der Waals surface area contributed by atoms with Crippen LogP contribution in [-0.4, -0.2) is 19.1 Å². The first-order valence-corrected chi connectivity index (χ1v) is 6.78. The van der Waals surface area contributed by atoms with E-state index in [-0.39, 0.29) is 0 Å². The van der Waals surface area contributed by atoms with Gasteiger partial charge in [-0.15, -0.1) is 0 Å². The molecule has 1 aliphatic rings. The van der Waals surface area contributed by atoms with Crippen LogP contribution in [0.2, 0.25) is 0 Å². The van der Waals surface area contributed by atoms with Crippen molar-refractivity contribution < 1.29 is 0 Å². The zero-order valence-electron chi connectivity index (χ0n) is 11.2. The van der Waals surface area contributed by atoms with Crippen LogP contribution in [-0.2, 0) is 25.9 Å². The molecule has 0 N–H and O–H groups in total. The average molecular weight is 244 g/mol. The third kappa shape index (κ3) is 1.96. The molecular weight excluding hydrogens is 224 g/mol. The first-order chi connectivity index (χ1) is 8.75. The molecule has 0 saturated heterocycles. The summed E-state index contributed by atoms with van der Waals surface area (Å²) < 4.78 is 4.60. The van der Waals surface area contributed by atoms with Crippen LogP contribution >= 0.6 is 0 Å². The van der Waals surface area contributed by atoms with Gasteiger partial charge in [-0.1, -0.05) is 0 Å². The van der Waals surface area contributed by atoms with Gasteiger partial charge in [0.15, 0.2) is 0 Å². The summed E-state index contributed by atoms with van der Waals surface area (Å²) >= 11 is 0. The largest absolute Gasteiger partial charge is 0.333 e. The Kier molecular flexibility index (Phi) is 2.94. The zero-order chi connectivity index (χ0) is 12.5. The van der Waals surface area contributed by atoms with Gasteiger partial charge in [-0.3, -0.25) is 0 Å². The van der Waals surface area contributed by atoms with Crippen LogP contribution in [0.4, 0.5) is 0 Å². The van der Waals surface area contributed by atoms with Crippen LogP contribution in [0.15, 0.2) is 12.4 Å². The molecule has 2 aromatic heterocycles. The SMILES string of the molecule is Cc1nccn1CCn1c(C)nc2c1CCCC2. The van der Waals surface area contributed by atoms with Gasteiger partial charge >= 0.3 is 0 Å². The van der Waals surface area contributed by atoms with Crippen molar-refractivity contribution >= 4 is 0 Å². The lowest BCUT2D eigenvalue weighted by Crippen LogP contribution is -2.13. The maximum atomic E-state index is 4.71. The number of fused-ring (bicyclic) bond motifs is 1. The molecule has 0 amide bonds. The third-order valence-corrected chi connectivity index (χ3v) is 3.91. The third-order valence-electron chi connectivity index (χ3n) is 3.91. The molecule has 2 aromatic rings. The van der Waals surface area contributed by atoms with Gasteiger partial charge < -0.3 is 9.13 Å². The van der Waals surface area contributed by atoms with Crippen molar-refractivity contribution in [1.82, 2.24) is 19.1 Å². The average Bonchev–Trinajstić information content (AvgIpc) is 2.90. The number of rotatable bonds is 3. The Morgan fingerprint density at radius 3 is 2.72 bits per heavy atom. The highest BCUT2D eigenvalue weighted by Gasteiger charge is 2.17.